The molecule has 1 N–H and O–H groups in total. The van der Waals surface area contributed by atoms with Crippen molar-refractivity contribution in [2.75, 3.05) is 19.7 Å². The number of nitrogens with one attached hydrogen (secondary N) is 1. The van der Waals surface area contributed by atoms with Crippen LogP contribution < -0.4 is 16.0 Å². The minimum atomic E-state index is -0.541. The number of likely N-dealkylation sites (tertiary alicyclic amines) is 1. The summed E-state index contributed by atoms with van der Waals surface area (Å²) in [5.74, 6) is 0.655. The van der Waals surface area contributed by atoms with Crippen molar-refractivity contribution in [1.82, 2.24) is 14.9 Å². The molecule has 0 radical (unpaired) electrons. The maximum atomic E-state index is 12.5. The molecule has 0 amide bonds. The first-order valence-corrected chi connectivity index (χ1v) is 9.88. The van der Waals surface area contributed by atoms with Gasteiger partial charge in [0.2, 0.25) is 5.71 Å². The van der Waals surface area contributed by atoms with E-state index in [4.69, 9.17) is 14.0 Å². The molecule has 0 saturated carbocycles. The minimum Gasteiger partial charge on any atom is -0.480 e. The molecule has 1 aliphatic heterocycles. The van der Waals surface area contributed by atoms with E-state index >= 15 is 0 Å². The van der Waals surface area contributed by atoms with Gasteiger partial charge in [0.1, 0.15) is 5.39 Å². The van der Waals surface area contributed by atoms with Gasteiger partial charge in [0.25, 0.3) is 5.56 Å². The highest BCUT2D eigenvalue weighted by Gasteiger charge is 2.18. The van der Waals surface area contributed by atoms with Gasteiger partial charge in [-0.2, -0.15) is 4.98 Å². The molecular weight excluding hydrogens is 376 g/mol. The van der Waals surface area contributed by atoms with Crippen LogP contribution >= 0.6 is 0 Å². The molecule has 3 heterocycles. The van der Waals surface area contributed by atoms with E-state index in [1.807, 2.05) is 18.7 Å². The summed E-state index contributed by atoms with van der Waals surface area (Å²) in [7, 11) is 0. The second kappa shape index (κ2) is 9.40. The zero-order valence-electron chi connectivity index (χ0n) is 16.8. The van der Waals surface area contributed by atoms with Crippen molar-refractivity contribution in [2.45, 2.75) is 46.0 Å². The number of nitrogens with zero attached hydrogens (tertiary/aromatic N) is 3. The largest absolute Gasteiger partial charge is 0.480 e. The van der Waals surface area contributed by atoms with Gasteiger partial charge >= 0.3 is 11.6 Å². The number of oxime groups is 1. The summed E-state index contributed by atoms with van der Waals surface area (Å²) in [6.45, 7) is 9.88. The Morgan fingerprint density at radius 2 is 2.10 bits per heavy atom. The monoisotopic (exact) mass is 402 g/mol. The van der Waals surface area contributed by atoms with Crippen LogP contribution in [0.5, 0.6) is 6.01 Å². The summed E-state index contributed by atoms with van der Waals surface area (Å²) in [6.07, 6.45) is 3.77. The Kier molecular flexibility index (Phi) is 6.69. The summed E-state index contributed by atoms with van der Waals surface area (Å²) in [5.41, 5.74) is 0.479. The minimum absolute atomic E-state index is 0.0367. The van der Waals surface area contributed by atoms with E-state index in [2.05, 4.69) is 21.7 Å². The van der Waals surface area contributed by atoms with Crippen molar-refractivity contribution in [2.24, 2.45) is 5.16 Å². The maximum absolute atomic E-state index is 12.5. The molecule has 3 rings (SSSR count). The number of aromatic nitrogens is 2. The van der Waals surface area contributed by atoms with Gasteiger partial charge in [-0.25, -0.2) is 4.79 Å². The molecule has 2 aromatic rings. The fourth-order valence-corrected chi connectivity index (χ4v) is 3.21. The number of fused-ring (bicyclic) bond motifs is 1. The molecule has 156 valence electrons. The summed E-state index contributed by atoms with van der Waals surface area (Å²) in [5, 5.41) is 4.38. The summed E-state index contributed by atoms with van der Waals surface area (Å²) in [4.78, 5) is 38.4. The molecule has 2 aromatic heterocycles. The quantitative estimate of drug-likeness (QED) is 0.534. The van der Waals surface area contributed by atoms with Crippen molar-refractivity contribution in [3.63, 3.8) is 0 Å². The molecule has 1 aliphatic rings. The van der Waals surface area contributed by atoms with Gasteiger partial charge in [-0.15, -0.1) is 0 Å². The number of ether oxygens (including phenoxy) is 1. The Morgan fingerprint density at radius 3 is 2.79 bits per heavy atom. The zero-order valence-corrected chi connectivity index (χ0v) is 16.8. The normalized spacial score (nSPS) is 14.1. The molecule has 9 heteroatoms. The number of unbranched alkanes of at least 4 members (excludes halogenated alkanes) is 1. The van der Waals surface area contributed by atoms with Gasteiger partial charge in [-0.05, 0) is 31.9 Å². The molecule has 0 spiro atoms. The predicted octanol–water partition coefficient (Wildman–Crippen LogP) is 2.56. The van der Waals surface area contributed by atoms with Gasteiger partial charge in [-0.1, -0.05) is 18.5 Å². The van der Waals surface area contributed by atoms with Crippen LogP contribution in [0.15, 0.2) is 37.7 Å². The highest BCUT2D eigenvalue weighted by Crippen LogP contribution is 2.17. The Morgan fingerprint density at radius 1 is 1.34 bits per heavy atom. The highest BCUT2D eigenvalue weighted by molar-refractivity contribution is 5.85. The summed E-state index contributed by atoms with van der Waals surface area (Å²) >= 11 is 0. The molecule has 0 atom stereocenters. The first-order valence-electron chi connectivity index (χ1n) is 9.88. The molecular formula is C20H26N4O5. The lowest BCUT2D eigenvalue weighted by Crippen LogP contribution is -2.34. The molecule has 1 saturated heterocycles. The SMILES string of the molecule is C=C(OCC)N1CCC(=NOc2nc3oc(=O)cc(CCCC)c3c(=O)[nH]2)CC1. The van der Waals surface area contributed by atoms with Gasteiger partial charge in [0.05, 0.1) is 12.3 Å². The fraction of sp³-hybridized carbons (Fsp3) is 0.500. The zero-order chi connectivity index (χ0) is 20.8. The van der Waals surface area contributed by atoms with Crippen LogP contribution in [0.1, 0.15) is 45.1 Å². The van der Waals surface area contributed by atoms with Crippen LogP contribution in [-0.4, -0.2) is 40.3 Å². The maximum Gasteiger partial charge on any atom is 0.337 e. The van der Waals surface area contributed by atoms with Crippen molar-refractivity contribution in [3.05, 3.63) is 44.9 Å². The van der Waals surface area contributed by atoms with Crippen LogP contribution in [0.2, 0.25) is 0 Å². The third-order valence-electron chi connectivity index (χ3n) is 4.74. The number of rotatable bonds is 8. The summed E-state index contributed by atoms with van der Waals surface area (Å²) < 4.78 is 10.5. The van der Waals surface area contributed by atoms with E-state index in [1.54, 1.807) is 0 Å². The Labute approximate surface area is 168 Å². The smallest absolute Gasteiger partial charge is 0.337 e. The number of aryl methyl sites for hydroxylation is 1. The molecule has 0 aliphatic carbocycles. The highest BCUT2D eigenvalue weighted by atomic mass is 16.6. The topological polar surface area (TPSA) is 110 Å². The predicted molar refractivity (Wildman–Crippen MR) is 109 cm³/mol. The van der Waals surface area contributed by atoms with Crippen molar-refractivity contribution in [3.8, 4) is 6.01 Å². The van der Waals surface area contributed by atoms with Crippen LogP contribution in [0.3, 0.4) is 0 Å². The molecule has 29 heavy (non-hydrogen) atoms. The standard InChI is InChI=1S/C20H26N4O5/c1-4-6-7-14-12-16(25)28-19-17(14)18(26)21-20(22-19)29-23-15-8-10-24(11-9-15)13(3)27-5-2/h12H,3-11H2,1-2H3,(H,21,22,26). The Bertz CT molecular complexity index is 1010. The van der Waals surface area contributed by atoms with Gasteiger partial charge < -0.3 is 18.9 Å². The Balaban J connectivity index is 1.75. The van der Waals surface area contributed by atoms with Crippen LogP contribution in [0.25, 0.3) is 11.1 Å². The second-order valence-electron chi connectivity index (χ2n) is 6.81. The first-order chi connectivity index (χ1) is 14.0. The number of aromatic amines is 1. The average Bonchev–Trinajstić information content (AvgIpc) is 2.70. The molecule has 0 unspecified atom stereocenters. The van der Waals surface area contributed by atoms with E-state index in [1.165, 1.54) is 6.07 Å². The second-order valence-corrected chi connectivity index (χ2v) is 6.81. The van der Waals surface area contributed by atoms with E-state index < -0.39 is 11.2 Å². The lowest BCUT2D eigenvalue weighted by Gasteiger charge is -2.29. The van der Waals surface area contributed by atoms with Crippen molar-refractivity contribution in [1.29, 1.82) is 0 Å². The molecule has 9 nitrogen and oxygen atoms in total. The number of piperidine rings is 1. The number of H-pyrrole nitrogens is 1. The fourth-order valence-electron chi connectivity index (χ4n) is 3.21. The van der Waals surface area contributed by atoms with Gasteiger partial charge in [0.15, 0.2) is 5.88 Å². The third-order valence-corrected chi connectivity index (χ3v) is 4.74. The van der Waals surface area contributed by atoms with Crippen LogP contribution in [0, 0.1) is 0 Å². The number of hydrogen-bond donors (Lipinski definition) is 1. The van der Waals surface area contributed by atoms with E-state index in [0.29, 0.717) is 37.3 Å². The number of hydrogen-bond acceptors (Lipinski definition) is 8. The third kappa shape index (κ3) is 5.04. The van der Waals surface area contributed by atoms with Crippen LogP contribution in [-0.2, 0) is 11.2 Å². The molecule has 0 aromatic carbocycles. The van der Waals surface area contributed by atoms with Gasteiger partial charge in [0, 0.05) is 32.0 Å². The molecule has 0 bridgehead atoms. The summed E-state index contributed by atoms with van der Waals surface area (Å²) in [6, 6.07) is 1.24. The Hall–Kier alpha value is -3.10. The van der Waals surface area contributed by atoms with Gasteiger partial charge in [-0.3, -0.25) is 9.78 Å². The van der Waals surface area contributed by atoms with Crippen LogP contribution in [0.4, 0.5) is 0 Å². The van der Waals surface area contributed by atoms with Crippen molar-refractivity contribution >= 4 is 16.8 Å². The first kappa shape index (κ1) is 20.6. The molecule has 1 fully saturated rings. The van der Waals surface area contributed by atoms with E-state index in [0.717, 1.165) is 31.6 Å². The average molecular weight is 402 g/mol. The lowest BCUT2D eigenvalue weighted by molar-refractivity contribution is 0.121. The van der Waals surface area contributed by atoms with E-state index in [9.17, 15) is 9.59 Å². The van der Waals surface area contributed by atoms with E-state index in [-0.39, 0.29) is 17.1 Å². The lowest BCUT2D eigenvalue weighted by atomic mass is 10.1. The van der Waals surface area contributed by atoms with Crippen molar-refractivity contribution < 1.29 is 14.0 Å².